The monoisotopic (exact) mass is 365 g/mol. The molecule has 140 valence electrons. The first-order valence-electron chi connectivity index (χ1n) is 9.40. The van der Waals surface area contributed by atoms with Crippen molar-refractivity contribution in [2.45, 2.75) is 24.9 Å². The standard InChI is InChI=1S/C21H23N3O3/c25-19(17-8-11-22-12-9-17)23-14-15-27-21(16-23)10-4-5-13-24(20(21)26)18-6-2-1-3-7-18/h1-3,6-9,11-12H,4-5,10,13-16H2. The number of carbonyl (C=O) groups excluding carboxylic acids is 2. The molecule has 1 spiro atoms. The number of aromatic nitrogens is 1. The van der Waals surface area contributed by atoms with Gasteiger partial charge in [-0.1, -0.05) is 18.2 Å². The van der Waals surface area contributed by atoms with E-state index >= 15 is 0 Å². The molecule has 0 aliphatic carbocycles. The van der Waals surface area contributed by atoms with Gasteiger partial charge in [0.1, 0.15) is 0 Å². The lowest BCUT2D eigenvalue weighted by atomic mass is 9.93. The van der Waals surface area contributed by atoms with E-state index in [9.17, 15) is 9.59 Å². The predicted molar refractivity (Wildman–Crippen MR) is 101 cm³/mol. The van der Waals surface area contributed by atoms with Gasteiger partial charge in [0.25, 0.3) is 11.8 Å². The number of pyridine rings is 1. The summed E-state index contributed by atoms with van der Waals surface area (Å²) in [6.07, 6.45) is 5.67. The van der Waals surface area contributed by atoms with E-state index in [0.717, 1.165) is 18.5 Å². The number of anilines is 1. The molecule has 0 N–H and O–H groups in total. The van der Waals surface area contributed by atoms with E-state index in [-0.39, 0.29) is 18.4 Å². The van der Waals surface area contributed by atoms with E-state index in [4.69, 9.17) is 4.74 Å². The summed E-state index contributed by atoms with van der Waals surface area (Å²) in [7, 11) is 0. The van der Waals surface area contributed by atoms with Gasteiger partial charge in [-0.05, 0) is 43.5 Å². The van der Waals surface area contributed by atoms with Crippen LogP contribution in [0.1, 0.15) is 29.6 Å². The van der Waals surface area contributed by atoms with Crippen molar-refractivity contribution in [1.82, 2.24) is 9.88 Å². The van der Waals surface area contributed by atoms with E-state index in [1.165, 1.54) is 0 Å². The summed E-state index contributed by atoms with van der Waals surface area (Å²) in [5.41, 5.74) is 0.501. The average Bonchev–Trinajstić information content (AvgIpc) is 2.88. The summed E-state index contributed by atoms with van der Waals surface area (Å²) in [6, 6.07) is 13.1. The lowest BCUT2D eigenvalue weighted by molar-refractivity contribution is -0.155. The highest BCUT2D eigenvalue weighted by Crippen LogP contribution is 2.32. The Morgan fingerprint density at radius 1 is 1.04 bits per heavy atom. The fraction of sp³-hybridized carbons (Fsp3) is 0.381. The maximum atomic E-state index is 13.5. The molecule has 1 atom stereocenters. The van der Waals surface area contributed by atoms with Crippen LogP contribution in [0.2, 0.25) is 0 Å². The molecule has 2 aromatic rings. The van der Waals surface area contributed by atoms with Crippen LogP contribution in [0.3, 0.4) is 0 Å². The molecular formula is C21H23N3O3. The van der Waals surface area contributed by atoms with Crippen molar-refractivity contribution >= 4 is 17.5 Å². The largest absolute Gasteiger partial charge is 0.361 e. The SMILES string of the molecule is O=C(c1ccncc1)N1CCOC2(CCCCN(c3ccccc3)C2=O)C1. The summed E-state index contributed by atoms with van der Waals surface area (Å²) in [6.45, 7) is 1.81. The Hall–Kier alpha value is -2.73. The number of nitrogens with zero attached hydrogens (tertiary/aromatic N) is 3. The Kier molecular flexibility index (Phi) is 4.90. The van der Waals surface area contributed by atoms with E-state index in [0.29, 0.717) is 31.7 Å². The molecule has 2 aliphatic rings. The van der Waals surface area contributed by atoms with Crippen molar-refractivity contribution in [3.8, 4) is 0 Å². The highest BCUT2D eigenvalue weighted by atomic mass is 16.5. The molecule has 27 heavy (non-hydrogen) atoms. The number of para-hydroxylation sites is 1. The molecule has 6 heteroatoms. The Labute approximate surface area is 158 Å². The Morgan fingerprint density at radius 2 is 1.81 bits per heavy atom. The number of benzene rings is 1. The third-order valence-electron chi connectivity index (χ3n) is 5.32. The van der Waals surface area contributed by atoms with Crippen molar-refractivity contribution in [3.63, 3.8) is 0 Å². The fourth-order valence-corrected chi connectivity index (χ4v) is 3.90. The van der Waals surface area contributed by atoms with Crippen molar-refractivity contribution in [2.75, 3.05) is 31.1 Å². The van der Waals surface area contributed by atoms with Crippen molar-refractivity contribution in [1.29, 1.82) is 0 Å². The molecular weight excluding hydrogens is 342 g/mol. The van der Waals surface area contributed by atoms with Gasteiger partial charge in [-0.15, -0.1) is 0 Å². The second kappa shape index (κ2) is 7.48. The normalized spacial score (nSPS) is 23.3. The average molecular weight is 365 g/mol. The number of hydrogen-bond acceptors (Lipinski definition) is 4. The molecule has 4 rings (SSSR count). The Bertz CT molecular complexity index is 812. The third kappa shape index (κ3) is 3.45. The van der Waals surface area contributed by atoms with Gasteiger partial charge in [-0.3, -0.25) is 14.6 Å². The molecule has 2 saturated heterocycles. The van der Waals surface area contributed by atoms with E-state index in [1.54, 1.807) is 29.4 Å². The lowest BCUT2D eigenvalue weighted by Crippen LogP contribution is -2.61. The van der Waals surface area contributed by atoms with Gasteiger partial charge in [0.15, 0.2) is 5.60 Å². The number of ether oxygens (including phenoxy) is 1. The molecule has 0 bridgehead atoms. The molecule has 1 aromatic carbocycles. The summed E-state index contributed by atoms with van der Waals surface area (Å²) < 4.78 is 6.07. The molecule has 2 amide bonds. The molecule has 0 radical (unpaired) electrons. The maximum Gasteiger partial charge on any atom is 0.261 e. The smallest absolute Gasteiger partial charge is 0.261 e. The number of morpholine rings is 1. The second-order valence-electron chi connectivity index (χ2n) is 7.05. The first-order chi connectivity index (χ1) is 13.2. The zero-order valence-corrected chi connectivity index (χ0v) is 15.2. The Morgan fingerprint density at radius 3 is 2.59 bits per heavy atom. The fourth-order valence-electron chi connectivity index (χ4n) is 3.90. The van der Waals surface area contributed by atoms with Gasteiger partial charge < -0.3 is 14.5 Å². The van der Waals surface area contributed by atoms with Crippen LogP contribution in [-0.4, -0.2) is 53.5 Å². The van der Waals surface area contributed by atoms with Crippen LogP contribution < -0.4 is 4.90 Å². The molecule has 1 aromatic heterocycles. The number of carbonyl (C=O) groups is 2. The van der Waals surface area contributed by atoms with Gasteiger partial charge in [-0.2, -0.15) is 0 Å². The van der Waals surface area contributed by atoms with Gasteiger partial charge >= 0.3 is 0 Å². The van der Waals surface area contributed by atoms with Crippen LogP contribution in [0, 0.1) is 0 Å². The number of rotatable bonds is 2. The van der Waals surface area contributed by atoms with Crippen LogP contribution in [-0.2, 0) is 9.53 Å². The summed E-state index contributed by atoms with van der Waals surface area (Å²) in [4.78, 5) is 33.9. The zero-order chi connectivity index (χ0) is 18.7. The molecule has 3 heterocycles. The predicted octanol–water partition coefficient (Wildman–Crippen LogP) is 2.51. The highest BCUT2D eigenvalue weighted by Gasteiger charge is 2.48. The molecule has 2 fully saturated rings. The number of hydrogen-bond donors (Lipinski definition) is 0. The van der Waals surface area contributed by atoms with E-state index in [1.807, 2.05) is 35.2 Å². The van der Waals surface area contributed by atoms with Gasteiger partial charge in [0, 0.05) is 36.7 Å². The van der Waals surface area contributed by atoms with Crippen LogP contribution in [0.15, 0.2) is 54.9 Å². The molecule has 2 aliphatic heterocycles. The summed E-state index contributed by atoms with van der Waals surface area (Å²) in [5, 5.41) is 0. The van der Waals surface area contributed by atoms with E-state index < -0.39 is 5.60 Å². The first-order valence-corrected chi connectivity index (χ1v) is 9.40. The van der Waals surface area contributed by atoms with E-state index in [2.05, 4.69) is 4.98 Å². The molecule has 1 unspecified atom stereocenters. The van der Waals surface area contributed by atoms with Crippen molar-refractivity contribution in [3.05, 3.63) is 60.4 Å². The lowest BCUT2D eigenvalue weighted by Gasteiger charge is -2.42. The van der Waals surface area contributed by atoms with Gasteiger partial charge in [0.05, 0.1) is 13.2 Å². The minimum absolute atomic E-state index is 0.0431. The first kappa shape index (κ1) is 17.7. The quantitative estimate of drug-likeness (QED) is 0.820. The molecule has 6 nitrogen and oxygen atoms in total. The Balaban J connectivity index is 1.60. The van der Waals surface area contributed by atoms with Crippen LogP contribution in [0.4, 0.5) is 5.69 Å². The van der Waals surface area contributed by atoms with Crippen LogP contribution in [0.25, 0.3) is 0 Å². The van der Waals surface area contributed by atoms with Crippen LogP contribution in [0.5, 0.6) is 0 Å². The maximum absolute atomic E-state index is 13.5. The summed E-state index contributed by atoms with van der Waals surface area (Å²) in [5.74, 6) is -0.123. The van der Waals surface area contributed by atoms with Crippen molar-refractivity contribution in [2.24, 2.45) is 0 Å². The zero-order valence-electron chi connectivity index (χ0n) is 15.2. The highest BCUT2D eigenvalue weighted by molar-refractivity contribution is 6.01. The van der Waals surface area contributed by atoms with Gasteiger partial charge in [-0.25, -0.2) is 0 Å². The topological polar surface area (TPSA) is 62.7 Å². The minimum Gasteiger partial charge on any atom is -0.361 e. The van der Waals surface area contributed by atoms with Gasteiger partial charge in [0.2, 0.25) is 0 Å². The minimum atomic E-state index is -0.965. The van der Waals surface area contributed by atoms with Crippen molar-refractivity contribution < 1.29 is 14.3 Å². The third-order valence-corrected chi connectivity index (χ3v) is 5.32. The molecule has 0 saturated carbocycles. The summed E-state index contributed by atoms with van der Waals surface area (Å²) >= 11 is 0. The second-order valence-corrected chi connectivity index (χ2v) is 7.05. The van der Waals surface area contributed by atoms with Crippen LogP contribution >= 0.6 is 0 Å². The number of amides is 2.